The molecule has 0 aliphatic carbocycles. The molecule has 1 heterocycles. The maximum Gasteiger partial charge on any atom is 0.127 e. The van der Waals surface area contributed by atoms with E-state index in [1.54, 1.807) is 0 Å². The molecule has 1 aliphatic heterocycles. The highest BCUT2D eigenvalue weighted by Gasteiger charge is 2.36. The van der Waals surface area contributed by atoms with E-state index in [-0.39, 0.29) is 17.4 Å². The molecule has 21 heavy (non-hydrogen) atoms. The van der Waals surface area contributed by atoms with Gasteiger partial charge in [0.1, 0.15) is 5.82 Å². The standard InChI is InChI=1S/C17H26BrFN2/c1-3-17(2,21-9-5-4-6-10-21)16(20)11-13-7-8-14(18)12-15(13)19/h7-8,12,16H,3-6,9-11,20H2,1-2H3. The minimum absolute atomic E-state index is 0.0556. The predicted octanol–water partition coefficient (Wildman–Crippen LogP) is 4.11. The molecule has 0 radical (unpaired) electrons. The maximum atomic E-state index is 14.0. The first-order valence-corrected chi connectivity index (χ1v) is 8.71. The van der Waals surface area contributed by atoms with Gasteiger partial charge in [0.05, 0.1) is 0 Å². The van der Waals surface area contributed by atoms with Gasteiger partial charge in [-0.3, -0.25) is 4.90 Å². The number of nitrogens with zero attached hydrogens (tertiary/aromatic N) is 1. The van der Waals surface area contributed by atoms with Crippen molar-refractivity contribution >= 4 is 15.9 Å². The van der Waals surface area contributed by atoms with Crippen molar-refractivity contribution in [1.82, 2.24) is 4.90 Å². The monoisotopic (exact) mass is 356 g/mol. The summed E-state index contributed by atoms with van der Waals surface area (Å²) in [5, 5.41) is 0. The summed E-state index contributed by atoms with van der Waals surface area (Å²) in [7, 11) is 0. The third-order valence-corrected chi connectivity index (χ3v) is 5.54. The van der Waals surface area contributed by atoms with Gasteiger partial charge in [0, 0.05) is 16.1 Å². The predicted molar refractivity (Wildman–Crippen MR) is 89.9 cm³/mol. The van der Waals surface area contributed by atoms with E-state index in [4.69, 9.17) is 5.73 Å². The number of piperidine rings is 1. The van der Waals surface area contributed by atoms with E-state index in [0.717, 1.165) is 24.0 Å². The van der Waals surface area contributed by atoms with Gasteiger partial charge < -0.3 is 5.73 Å². The van der Waals surface area contributed by atoms with Crippen LogP contribution in [0, 0.1) is 5.82 Å². The van der Waals surface area contributed by atoms with Crippen LogP contribution >= 0.6 is 15.9 Å². The molecule has 0 aromatic heterocycles. The summed E-state index contributed by atoms with van der Waals surface area (Å²) in [5.41, 5.74) is 7.17. The van der Waals surface area contributed by atoms with Crippen LogP contribution in [0.3, 0.4) is 0 Å². The van der Waals surface area contributed by atoms with Crippen molar-refractivity contribution in [3.8, 4) is 0 Å². The molecule has 2 unspecified atom stereocenters. The number of nitrogens with two attached hydrogens (primary N) is 1. The largest absolute Gasteiger partial charge is 0.326 e. The summed E-state index contributed by atoms with van der Waals surface area (Å²) >= 11 is 3.30. The number of hydrogen-bond acceptors (Lipinski definition) is 2. The Bertz CT molecular complexity index is 474. The molecule has 0 bridgehead atoms. The third kappa shape index (κ3) is 3.85. The second-order valence-corrected chi connectivity index (χ2v) is 7.22. The smallest absolute Gasteiger partial charge is 0.127 e. The minimum atomic E-state index is -0.170. The molecular formula is C17H26BrFN2. The SMILES string of the molecule is CCC(C)(C(N)Cc1ccc(Br)cc1F)N1CCCCC1. The summed E-state index contributed by atoms with van der Waals surface area (Å²) < 4.78 is 14.8. The van der Waals surface area contributed by atoms with Gasteiger partial charge in [-0.05, 0) is 63.4 Å². The lowest BCUT2D eigenvalue weighted by molar-refractivity contribution is 0.0544. The van der Waals surface area contributed by atoms with Crippen LogP contribution in [0.5, 0.6) is 0 Å². The number of halogens is 2. The van der Waals surface area contributed by atoms with Crippen LogP contribution in [0.1, 0.15) is 45.1 Å². The zero-order valence-electron chi connectivity index (χ0n) is 13.0. The van der Waals surface area contributed by atoms with Gasteiger partial charge in [0.25, 0.3) is 0 Å². The average molecular weight is 357 g/mol. The molecule has 4 heteroatoms. The Labute approximate surface area is 136 Å². The van der Waals surface area contributed by atoms with E-state index in [9.17, 15) is 4.39 Å². The van der Waals surface area contributed by atoms with E-state index >= 15 is 0 Å². The Morgan fingerprint density at radius 1 is 1.33 bits per heavy atom. The van der Waals surface area contributed by atoms with Crippen LogP contribution in [-0.2, 0) is 6.42 Å². The van der Waals surface area contributed by atoms with E-state index in [0.29, 0.717) is 12.0 Å². The van der Waals surface area contributed by atoms with Crippen molar-refractivity contribution in [3.63, 3.8) is 0 Å². The van der Waals surface area contributed by atoms with Gasteiger partial charge in [-0.25, -0.2) is 4.39 Å². The summed E-state index contributed by atoms with van der Waals surface area (Å²) in [6.07, 6.45) is 5.38. The third-order valence-electron chi connectivity index (χ3n) is 5.05. The molecule has 2 rings (SSSR count). The number of rotatable bonds is 5. The van der Waals surface area contributed by atoms with E-state index in [2.05, 4.69) is 34.7 Å². The summed E-state index contributed by atoms with van der Waals surface area (Å²) in [6, 6.07) is 5.18. The van der Waals surface area contributed by atoms with Crippen molar-refractivity contribution in [2.75, 3.05) is 13.1 Å². The van der Waals surface area contributed by atoms with Crippen molar-refractivity contribution in [3.05, 3.63) is 34.1 Å². The van der Waals surface area contributed by atoms with Crippen LogP contribution in [0.25, 0.3) is 0 Å². The highest BCUT2D eigenvalue weighted by atomic mass is 79.9. The second-order valence-electron chi connectivity index (χ2n) is 6.30. The molecular weight excluding hydrogens is 331 g/mol. The molecule has 2 nitrogen and oxygen atoms in total. The van der Waals surface area contributed by atoms with Crippen LogP contribution in [0.15, 0.2) is 22.7 Å². The van der Waals surface area contributed by atoms with Gasteiger partial charge in [-0.15, -0.1) is 0 Å². The Morgan fingerprint density at radius 2 is 2.00 bits per heavy atom. The van der Waals surface area contributed by atoms with Crippen molar-refractivity contribution in [2.45, 2.75) is 57.5 Å². The van der Waals surface area contributed by atoms with Crippen LogP contribution < -0.4 is 5.73 Å². The summed E-state index contributed by atoms with van der Waals surface area (Å²) in [5.74, 6) is -0.170. The molecule has 0 saturated carbocycles. The second kappa shape index (κ2) is 7.21. The fourth-order valence-corrected chi connectivity index (χ4v) is 3.60. The summed E-state index contributed by atoms with van der Waals surface area (Å²) in [4.78, 5) is 2.51. The van der Waals surface area contributed by atoms with Crippen molar-refractivity contribution in [1.29, 1.82) is 0 Å². The van der Waals surface area contributed by atoms with Crippen LogP contribution in [0.4, 0.5) is 4.39 Å². The molecule has 118 valence electrons. The molecule has 1 aromatic carbocycles. The fourth-order valence-electron chi connectivity index (χ4n) is 3.27. The van der Waals surface area contributed by atoms with Gasteiger partial charge in [0.2, 0.25) is 0 Å². The average Bonchev–Trinajstić information content (AvgIpc) is 2.50. The van der Waals surface area contributed by atoms with Crippen LogP contribution in [0.2, 0.25) is 0 Å². The quantitative estimate of drug-likeness (QED) is 0.859. The minimum Gasteiger partial charge on any atom is -0.326 e. The molecule has 0 amide bonds. The molecule has 1 fully saturated rings. The number of benzene rings is 1. The Balaban J connectivity index is 2.13. The van der Waals surface area contributed by atoms with Gasteiger partial charge in [0.15, 0.2) is 0 Å². The maximum absolute atomic E-state index is 14.0. The highest BCUT2D eigenvalue weighted by Crippen LogP contribution is 2.29. The Hall–Kier alpha value is -0.450. The topological polar surface area (TPSA) is 29.3 Å². The number of hydrogen-bond donors (Lipinski definition) is 1. The Kier molecular flexibility index (Phi) is 5.81. The van der Waals surface area contributed by atoms with Gasteiger partial charge in [-0.2, -0.15) is 0 Å². The first-order chi connectivity index (χ1) is 9.97. The lowest BCUT2D eigenvalue weighted by Gasteiger charge is -2.47. The first-order valence-electron chi connectivity index (χ1n) is 7.92. The lowest BCUT2D eigenvalue weighted by Crippen LogP contribution is -2.59. The van der Waals surface area contributed by atoms with E-state index < -0.39 is 0 Å². The first kappa shape index (κ1) is 16.9. The van der Waals surface area contributed by atoms with Gasteiger partial charge >= 0.3 is 0 Å². The molecule has 2 N–H and O–H groups in total. The molecule has 2 atom stereocenters. The lowest BCUT2D eigenvalue weighted by atomic mass is 9.83. The van der Waals surface area contributed by atoms with E-state index in [1.807, 2.05) is 12.1 Å². The van der Waals surface area contributed by atoms with Crippen molar-refractivity contribution < 1.29 is 4.39 Å². The fraction of sp³-hybridized carbons (Fsp3) is 0.647. The van der Waals surface area contributed by atoms with Gasteiger partial charge in [-0.1, -0.05) is 35.3 Å². The molecule has 0 spiro atoms. The normalized spacial score (nSPS) is 21.0. The highest BCUT2D eigenvalue weighted by molar-refractivity contribution is 9.10. The molecule has 1 saturated heterocycles. The van der Waals surface area contributed by atoms with E-state index in [1.165, 1.54) is 25.3 Å². The number of likely N-dealkylation sites (tertiary alicyclic amines) is 1. The van der Waals surface area contributed by atoms with Crippen molar-refractivity contribution in [2.24, 2.45) is 5.73 Å². The van der Waals surface area contributed by atoms with Crippen LogP contribution in [-0.4, -0.2) is 29.6 Å². The zero-order valence-corrected chi connectivity index (χ0v) is 14.6. The zero-order chi connectivity index (χ0) is 15.5. The molecule has 1 aromatic rings. The molecule has 1 aliphatic rings. The summed E-state index contributed by atoms with van der Waals surface area (Å²) in [6.45, 7) is 6.65. The Morgan fingerprint density at radius 3 is 2.57 bits per heavy atom.